The molecule has 1 heterocycles. The maximum absolute atomic E-state index is 12.7. The van der Waals surface area contributed by atoms with E-state index in [1.165, 1.54) is 0 Å². The molecule has 1 N–H and O–H groups in total. The highest BCUT2D eigenvalue weighted by Gasteiger charge is 2.47. The molecule has 0 aromatic rings. The van der Waals surface area contributed by atoms with Crippen LogP contribution in [0.15, 0.2) is 0 Å². The fourth-order valence-electron chi connectivity index (χ4n) is 2.91. The molecule has 5 heteroatoms. The van der Waals surface area contributed by atoms with Gasteiger partial charge in [-0.1, -0.05) is 13.8 Å². The van der Waals surface area contributed by atoms with Crippen LogP contribution in [0.1, 0.15) is 47.0 Å². The van der Waals surface area contributed by atoms with Crippen molar-refractivity contribution in [2.75, 3.05) is 13.7 Å². The van der Waals surface area contributed by atoms with Gasteiger partial charge in [0.1, 0.15) is 12.1 Å². The van der Waals surface area contributed by atoms with Crippen LogP contribution in [0.2, 0.25) is 0 Å². The van der Waals surface area contributed by atoms with E-state index in [2.05, 4.69) is 5.32 Å². The van der Waals surface area contributed by atoms with E-state index >= 15 is 0 Å². The Kier molecular flexibility index (Phi) is 4.61. The standard InChI is InChI=1S/C16H28N2O3/c1-10(2)13-14(19)17-12(11-6-7-11)15(20)18(13)9-8-16(3,4)21-5/h10-13H,6-9H2,1-5H3,(H,17,19). The van der Waals surface area contributed by atoms with Crippen molar-refractivity contribution in [3.8, 4) is 0 Å². The summed E-state index contributed by atoms with van der Waals surface area (Å²) in [5.74, 6) is 0.534. The normalized spacial score (nSPS) is 27.2. The SMILES string of the molecule is COC(C)(C)CCN1C(=O)C(C2CC2)NC(=O)C1C(C)C. The highest BCUT2D eigenvalue weighted by molar-refractivity contribution is 5.97. The summed E-state index contributed by atoms with van der Waals surface area (Å²) in [4.78, 5) is 26.9. The molecule has 2 fully saturated rings. The summed E-state index contributed by atoms with van der Waals surface area (Å²) in [6.45, 7) is 8.56. The molecule has 1 aliphatic carbocycles. The van der Waals surface area contributed by atoms with Crippen molar-refractivity contribution in [2.45, 2.75) is 64.6 Å². The van der Waals surface area contributed by atoms with Crippen LogP contribution in [-0.4, -0.2) is 48.1 Å². The van der Waals surface area contributed by atoms with Crippen molar-refractivity contribution in [2.24, 2.45) is 11.8 Å². The number of hydrogen-bond donors (Lipinski definition) is 1. The molecule has 2 rings (SSSR count). The van der Waals surface area contributed by atoms with Crippen LogP contribution < -0.4 is 5.32 Å². The maximum atomic E-state index is 12.7. The number of carbonyl (C=O) groups excluding carboxylic acids is 2. The Morgan fingerprint density at radius 3 is 2.43 bits per heavy atom. The summed E-state index contributed by atoms with van der Waals surface area (Å²) in [5.41, 5.74) is -0.287. The molecule has 0 spiro atoms. The number of methoxy groups -OCH3 is 1. The Labute approximate surface area is 127 Å². The number of ether oxygens (including phenoxy) is 1. The molecule has 1 aliphatic heterocycles. The Morgan fingerprint density at radius 2 is 1.95 bits per heavy atom. The third-order valence-electron chi connectivity index (χ3n) is 4.68. The van der Waals surface area contributed by atoms with E-state index in [1.807, 2.05) is 27.7 Å². The number of amides is 2. The van der Waals surface area contributed by atoms with Crippen LogP contribution in [0, 0.1) is 11.8 Å². The van der Waals surface area contributed by atoms with E-state index in [-0.39, 0.29) is 35.4 Å². The highest BCUT2D eigenvalue weighted by Crippen LogP contribution is 2.36. The summed E-state index contributed by atoms with van der Waals surface area (Å²) in [7, 11) is 1.68. The predicted octanol–water partition coefficient (Wildman–Crippen LogP) is 1.56. The summed E-state index contributed by atoms with van der Waals surface area (Å²) in [6, 6.07) is -0.668. The summed E-state index contributed by atoms with van der Waals surface area (Å²) < 4.78 is 5.43. The number of hydrogen-bond acceptors (Lipinski definition) is 3. The first-order valence-corrected chi connectivity index (χ1v) is 7.93. The van der Waals surface area contributed by atoms with Crippen molar-refractivity contribution in [1.82, 2.24) is 10.2 Å². The molecule has 0 bridgehead atoms. The summed E-state index contributed by atoms with van der Waals surface area (Å²) in [5, 5.41) is 2.94. The van der Waals surface area contributed by atoms with Crippen molar-refractivity contribution in [3.63, 3.8) is 0 Å². The first-order chi connectivity index (χ1) is 9.76. The first kappa shape index (κ1) is 16.3. The van der Waals surface area contributed by atoms with Crippen LogP contribution in [0.4, 0.5) is 0 Å². The van der Waals surface area contributed by atoms with Crippen molar-refractivity contribution in [3.05, 3.63) is 0 Å². The van der Waals surface area contributed by atoms with Gasteiger partial charge in [0.15, 0.2) is 0 Å². The molecule has 21 heavy (non-hydrogen) atoms. The van der Waals surface area contributed by atoms with Crippen LogP contribution >= 0.6 is 0 Å². The average Bonchev–Trinajstić information content (AvgIpc) is 3.23. The van der Waals surface area contributed by atoms with Gasteiger partial charge in [0, 0.05) is 13.7 Å². The topological polar surface area (TPSA) is 58.6 Å². The number of nitrogens with zero attached hydrogens (tertiary/aromatic N) is 1. The number of carbonyl (C=O) groups is 2. The number of nitrogens with one attached hydrogen (secondary N) is 1. The predicted molar refractivity (Wildman–Crippen MR) is 80.7 cm³/mol. The fraction of sp³-hybridized carbons (Fsp3) is 0.875. The molecule has 0 aromatic carbocycles. The van der Waals surface area contributed by atoms with Gasteiger partial charge < -0.3 is 15.0 Å². The Hall–Kier alpha value is -1.10. The molecule has 0 radical (unpaired) electrons. The average molecular weight is 296 g/mol. The minimum Gasteiger partial charge on any atom is -0.379 e. The fourth-order valence-corrected chi connectivity index (χ4v) is 2.91. The van der Waals surface area contributed by atoms with E-state index < -0.39 is 0 Å². The molecule has 120 valence electrons. The molecule has 0 aromatic heterocycles. The van der Waals surface area contributed by atoms with Crippen LogP contribution in [0.5, 0.6) is 0 Å². The molecule has 2 unspecified atom stereocenters. The zero-order valence-corrected chi connectivity index (χ0v) is 13.8. The quantitative estimate of drug-likeness (QED) is 0.809. The molecule has 2 atom stereocenters. The van der Waals surface area contributed by atoms with E-state index in [4.69, 9.17) is 4.74 Å². The van der Waals surface area contributed by atoms with Crippen molar-refractivity contribution >= 4 is 11.8 Å². The Morgan fingerprint density at radius 1 is 1.33 bits per heavy atom. The van der Waals surface area contributed by atoms with Gasteiger partial charge >= 0.3 is 0 Å². The minimum absolute atomic E-state index is 0.00303. The molecule has 5 nitrogen and oxygen atoms in total. The van der Waals surface area contributed by atoms with Crippen LogP contribution in [-0.2, 0) is 14.3 Å². The molecule has 1 saturated heterocycles. The summed E-state index contributed by atoms with van der Waals surface area (Å²) >= 11 is 0. The van der Waals surface area contributed by atoms with E-state index in [0.29, 0.717) is 12.5 Å². The van der Waals surface area contributed by atoms with E-state index in [1.54, 1.807) is 12.0 Å². The van der Waals surface area contributed by atoms with Crippen molar-refractivity contribution < 1.29 is 14.3 Å². The molecular weight excluding hydrogens is 268 g/mol. The molecular formula is C16H28N2O3. The second kappa shape index (κ2) is 5.95. The Balaban J connectivity index is 2.13. The van der Waals surface area contributed by atoms with Crippen LogP contribution in [0.3, 0.4) is 0 Å². The lowest BCUT2D eigenvalue weighted by Gasteiger charge is -2.42. The lowest BCUT2D eigenvalue weighted by atomic mass is 9.94. The van der Waals surface area contributed by atoms with Gasteiger partial charge in [-0.15, -0.1) is 0 Å². The number of rotatable bonds is 6. The lowest BCUT2D eigenvalue weighted by Crippen LogP contribution is -2.65. The third kappa shape index (κ3) is 3.57. The monoisotopic (exact) mass is 296 g/mol. The second-order valence-corrected chi connectivity index (χ2v) is 7.26. The zero-order valence-electron chi connectivity index (χ0n) is 13.8. The maximum Gasteiger partial charge on any atom is 0.246 e. The van der Waals surface area contributed by atoms with E-state index in [9.17, 15) is 9.59 Å². The second-order valence-electron chi connectivity index (χ2n) is 7.26. The van der Waals surface area contributed by atoms with Gasteiger partial charge in [0.25, 0.3) is 0 Å². The minimum atomic E-state index is -0.361. The van der Waals surface area contributed by atoms with Gasteiger partial charge in [0.05, 0.1) is 5.60 Å². The Bertz CT molecular complexity index is 416. The summed E-state index contributed by atoms with van der Waals surface area (Å²) in [6.07, 6.45) is 2.81. The van der Waals surface area contributed by atoms with Gasteiger partial charge in [-0.05, 0) is 44.9 Å². The van der Waals surface area contributed by atoms with Gasteiger partial charge in [-0.25, -0.2) is 0 Å². The molecule has 2 amide bonds. The smallest absolute Gasteiger partial charge is 0.246 e. The molecule has 2 aliphatic rings. The highest BCUT2D eigenvalue weighted by atomic mass is 16.5. The number of piperazine rings is 1. The zero-order chi connectivity index (χ0) is 15.8. The molecule has 1 saturated carbocycles. The van der Waals surface area contributed by atoms with Gasteiger partial charge in [0.2, 0.25) is 11.8 Å². The lowest BCUT2D eigenvalue weighted by molar-refractivity contribution is -0.152. The van der Waals surface area contributed by atoms with Crippen molar-refractivity contribution in [1.29, 1.82) is 0 Å². The van der Waals surface area contributed by atoms with Crippen LogP contribution in [0.25, 0.3) is 0 Å². The van der Waals surface area contributed by atoms with Gasteiger partial charge in [-0.2, -0.15) is 0 Å². The first-order valence-electron chi connectivity index (χ1n) is 7.93. The third-order valence-corrected chi connectivity index (χ3v) is 4.68. The largest absolute Gasteiger partial charge is 0.379 e. The van der Waals surface area contributed by atoms with E-state index in [0.717, 1.165) is 19.3 Å². The van der Waals surface area contributed by atoms with Gasteiger partial charge in [-0.3, -0.25) is 9.59 Å².